The molecule has 0 saturated heterocycles. The fraction of sp³-hybridized carbons (Fsp3) is 0.379. The first-order valence-electron chi connectivity index (χ1n) is 12.5. The van der Waals surface area contributed by atoms with Crippen molar-refractivity contribution >= 4 is 30.4 Å². The summed E-state index contributed by atoms with van der Waals surface area (Å²) >= 11 is -2.70. The predicted molar refractivity (Wildman–Crippen MR) is 152 cm³/mol. The Hall–Kier alpha value is -1.90. The van der Waals surface area contributed by atoms with Crippen molar-refractivity contribution < 1.29 is 15.7 Å². The van der Waals surface area contributed by atoms with Crippen LogP contribution in [0, 0.1) is 14.1 Å². The van der Waals surface area contributed by atoms with Crippen molar-refractivity contribution in [1.29, 1.82) is 0 Å². The van der Waals surface area contributed by atoms with Crippen LogP contribution in [-0.2, 0) is 12.6 Å². The van der Waals surface area contributed by atoms with Crippen LogP contribution >= 0.6 is 20.2 Å². The van der Waals surface area contributed by atoms with Gasteiger partial charge in [-0.05, 0) is 0 Å². The van der Waals surface area contributed by atoms with Gasteiger partial charge in [0, 0.05) is 0 Å². The second kappa shape index (κ2) is 14.6. The van der Waals surface area contributed by atoms with E-state index in [2.05, 4.69) is 6.92 Å². The second-order valence-corrected chi connectivity index (χ2v) is 15.1. The summed E-state index contributed by atoms with van der Waals surface area (Å²) in [7, 11) is -3.88. The predicted octanol–water partition coefficient (Wildman–Crippen LogP) is 8.38. The number of hydrogen-bond acceptors (Lipinski definition) is 4. The topological polar surface area (TPSA) is 52.6 Å². The molecule has 35 heavy (non-hydrogen) atoms. The van der Waals surface area contributed by atoms with Crippen LogP contribution in [0.5, 0.6) is 5.75 Å². The molecule has 3 aromatic carbocycles. The van der Waals surface area contributed by atoms with Crippen molar-refractivity contribution in [1.82, 2.24) is 0 Å². The molecular weight excluding hydrogens is 571 g/mol. The quantitative estimate of drug-likeness (QED) is 0.129. The minimum absolute atomic E-state index is 0.187. The molecule has 0 heterocycles. The first-order valence-corrected chi connectivity index (χ1v) is 16.9. The van der Waals surface area contributed by atoms with Crippen LogP contribution in [0.4, 0.5) is 0 Å². The van der Waals surface area contributed by atoms with Gasteiger partial charge in [0.1, 0.15) is 0 Å². The van der Waals surface area contributed by atoms with Crippen molar-refractivity contribution in [2.75, 3.05) is 6.61 Å². The number of unbranched alkanes of at least 4 members (excludes halogenated alkanes) is 7. The molecule has 0 atom stereocenters. The molecule has 0 aliphatic carbocycles. The van der Waals surface area contributed by atoms with Crippen LogP contribution in [0.25, 0.3) is 0 Å². The molecular formula is C29H37IO4S. The van der Waals surface area contributed by atoms with Gasteiger partial charge in [-0.15, -0.1) is 0 Å². The van der Waals surface area contributed by atoms with Crippen LogP contribution < -0.4 is 4.74 Å². The molecule has 3 aromatic rings. The maximum absolute atomic E-state index is 13.1. The summed E-state index contributed by atoms with van der Waals surface area (Å²) < 4.78 is 39.8. The summed E-state index contributed by atoms with van der Waals surface area (Å²) in [6, 6.07) is 24.2. The summed E-state index contributed by atoms with van der Waals surface area (Å²) in [5, 5.41) is 0. The summed E-state index contributed by atoms with van der Waals surface area (Å²) in [4.78, 5) is 0.187. The number of ether oxygens (including phenoxy) is 1. The Kier molecular flexibility index (Phi) is 11.6. The van der Waals surface area contributed by atoms with Gasteiger partial charge in [0.05, 0.1) is 0 Å². The Labute approximate surface area is 219 Å². The van der Waals surface area contributed by atoms with E-state index < -0.39 is 30.4 Å². The fourth-order valence-electron chi connectivity index (χ4n) is 3.62. The number of rotatable bonds is 15. The molecule has 0 N–H and O–H groups in total. The average molecular weight is 609 g/mol. The maximum atomic E-state index is 13.1. The number of hydrogen-bond donors (Lipinski definition) is 0. The molecule has 0 aliphatic heterocycles. The van der Waals surface area contributed by atoms with E-state index in [9.17, 15) is 8.42 Å². The molecule has 0 unspecified atom stereocenters. The number of halogens is 1. The average Bonchev–Trinajstić information content (AvgIpc) is 2.87. The normalized spacial score (nSPS) is 11.9. The zero-order valence-corrected chi connectivity index (χ0v) is 23.8. The van der Waals surface area contributed by atoms with E-state index in [-0.39, 0.29) is 4.90 Å². The van der Waals surface area contributed by atoms with Gasteiger partial charge in [-0.2, -0.15) is 0 Å². The third-order valence-corrected chi connectivity index (χ3v) is 13.0. The van der Waals surface area contributed by atoms with Gasteiger partial charge >= 0.3 is 200 Å². The van der Waals surface area contributed by atoms with E-state index in [0.717, 1.165) is 24.9 Å². The summed E-state index contributed by atoms with van der Waals surface area (Å²) in [6.45, 7) is 4.88. The van der Waals surface area contributed by atoms with Crippen molar-refractivity contribution in [2.24, 2.45) is 0 Å². The molecule has 190 valence electrons. The van der Waals surface area contributed by atoms with E-state index in [1.807, 2.05) is 61.5 Å². The molecule has 4 nitrogen and oxygen atoms in total. The Morgan fingerprint density at radius 3 is 1.89 bits per heavy atom. The number of aryl methyl sites for hydroxylation is 1. The van der Waals surface area contributed by atoms with Gasteiger partial charge in [0.15, 0.2) is 0 Å². The first kappa shape index (κ1) is 27.7. The second-order valence-electron chi connectivity index (χ2n) is 8.65. The Bertz CT molecular complexity index is 1100. The van der Waals surface area contributed by atoms with Crippen molar-refractivity contribution in [2.45, 2.75) is 70.1 Å². The molecule has 0 radical (unpaired) electrons. The molecule has 0 aromatic heterocycles. The molecule has 0 bridgehead atoms. The van der Waals surface area contributed by atoms with Crippen LogP contribution in [0.1, 0.15) is 63.9 Å². The van der Waals surface area contributed by atoms with Crippen LogP contribution in [0.3, 0.4) is 0 Å². The van der Waals surface area contributed by atoms with Crippen molar-refractivity contribution in [3.8, 4) is 5.75 Å². The standard InChI is InChI=1S/C29H37IO4S/c1-3-4-5-6-7-8-9-13-24-33-28-20-18-27(19-21-28)30(26-14-11-10-12-15-26)34-35(31,32)29-22-16-25(2)17-23-29/h10-12,14-23H,3-9,13,24H2,1-2H3. The molecule has 0 spiro atoms. The van der Waals surface area contributed by atoms with Gasteiger partial charge in [0.25, 0.3) is 0 Å². The van der Waals surface area contributed by atoms with Crippen molar-refractivity contribution in [3.05, 3.63) is 91.6 Å². The van der Waals surface area contributed by atoms with Crippen LogP contribution in [-0.4, -0.2) is 15.0 Å². The fourth-order valence-corrected chi connectivity index (χ4v) is 10.6. The van der Waals surface area contributed by atoms with E-state index in [0.29, 0.717) is 6.61 Å². The Morgan fingerprint density at radius 1 is 0.686 bits per heavy atom. The molecule has 3 rings (SSSR count). The summed E-state index contributed by atoms with van der Waals surface area (Å²) in [6.07, 6.45) is 10.1. The number of benzene rings is 3. The van der Waals surface area contributed by atoms with Crippen LogP contribution in [0.2, 0.25) is 0 Å². The Balaban J connectivity index is 1.60. The first-order chi connectivity index (χ1) is 17.0. The molecule has 0 fully saturated rings. The third-order valence-electron chi connectivity index (χ3n) is 5.67. The van der Waals surface area contributed by atoms with Crippen LogP contribution in [0.15, 0.2) is 83.8 Å². The zero-order chi connectivity index (χ0) is 24.9. The minimum atomic E-state index is -3.88. The molecule has 0 aliphatic rings. The van der Waals surface area contributed by atoms with E-state index in [1.54, 1.807) is 24.3 Å². The van der Waals surface area contributed by atoms with Gasteiger partial charge in [-0.3, -0.25) is 0 Å². The van der Waals surface area contributed by atoms with E-state index in [1.165, 1.54) is 44.9 Å². The molecule has 6 heteroatoms. The Morgan fingerprint density at radius 2 is 1.26 bits per heavy atom. The third kappa shape index (κ3) is 9.24. The monoisotopic (exact) mass is 608 g/mol. The SMILES string of the molecule is CCCCCCCCCCOc1ccc(I(OS(=O)(=O)c2ccc(C)cc2)c2ccccc2)cc1. The molecule has 0 saturated carbocycles. The zero-order valence-electron chi connectivity index (χ0n) is 20.8. The summed E-state index contributed by atoms with van der Waals surface area (Å²) in [5.74, 6) is 0.807. The van der Waals surface area contributed by atoms with E-state index >= 15 is 0 Å². The van der Waals surface area contributed by atoms with Gasteiger partial charge in [0.2, 0.25) is 0 Å². The van der Waals surface area contributed by atoms with E-state index in [4.69, 9.17) is 7.25 Å². The molecule has 0 amide bonds. The van der Waals surface area contributed by atoms with Gasteiger partial charge in [-0.1, -0.05) is 19.8 Å². The van der Waals surface area contributed by atoms with Gasteiger partial charge in [-0.25, -0.2) is 0 Å². The summed E-state index contributed by atoms with van der Waals surface area (Å²) in [5.41, 5.74) is 1.00. The van der Waals surface area contributed by atoms with Gasteiger partial charge < -0.3 is 0 Å². The van der Waals surface area contributed by atoms with Crippen molar-refractivity contribution in [3.63, 3.8) is 0 Å².